The minimum Gasteiger partial charge on any atom is -0.481 e. The number of likely N-dealkylation sites (tertiary alicyclic amines) is 1. The molecular weight excluding hydrogens is 198 g/mol. The van der Waals surface area contributed by atoms with Gasteiger partial charge in [-0.2, -0.15) is 11.8 Å². The molecule has 1 aliphatic rings. The van der Waals surface area contributed by atoms with Gasteiger partial charge in [0.25, 0.3) is 0 Å². The Morgan fingerprint density at radius 1 is 1.64 bits per heavy atom. The maximum atomic E-state index is 11.1. The number of carboxylic acids is 1. The number of carbonyl (C=O) groups is 1. The third-order valence-corrected chi connectivity index (χ3v) is 3.49. The Labute approximate surface area is 89.9 Å². The molecule has 0 aromatic carbocycles. The normalized spacial score (nSPS) is 29.0. The second-order valence-corrected chi connectivity index (χ2v) is 5.22. The van der Waals surface area contributed by atoms with Gasteiger partial charge in [-0.25, -0.2) is 0 Å². The zero-order chi connectivity index (χ0) is 10.6. The van der Waals surface area contributed by atoms with Gasteiger partial charge in [0.2, 0.25) is 0 Å². The first kappa shape index (κ1) is 11.9. The molecule has 0 aliphatic carbocycles. The predicted molar refractivity (Wildman–Crippen MR) is 59.8 cm³/mol. The van der Waals surface area contributed by atoms with E-state index in [1.54, 1.807) is 0 Å². The van der Waals surface area contributed by atoms with Crippen molar-refractivity contribution in [1.82, 2.24) is 4.90 Å². The van der Waals surface area contributed by atoms with Crippen molar-refractivity contribution >= 4 is 17.7 Å². The Morgan fingerprint density at radius 3 is 2.93 bits per heavy atom. The molecule has 1 atom stereocenters. The summed E-state index contributed by atoms with van der Waals surface area (Å²) in [6.45, 7) is 4.65. The first-order valence-corrected chi connectivity index (χ1v) is 6.42. The quantitative estimate of drug-likeness (QED) is 0.775. The van der Waals surface area contributed by atoms with Crippen LogP contribution < -0.4 is 0 Å². The number of piperidine rings is 1. The van der Waals surface area contributed by atoms with Crippen LogP contribution in [0.4, 0.5) is 0 Å². The summed E-state index contributed by atoms with van der Waals surface area (Å²) in [6.07, 6.45) is 3.91. The summed E-state index contributed by atoms with van der Waals surface area (Å²) in [5.41, 5.74) is -0.517. The fourth-order valence-electron chi connectivity index (χ4n) is 1.93. The number of aliphatic carboxylic acids is 1. The van der Waals surface area contributed by atoms with Gasteiger partial charge in [-0.15, -0.1) is 0 Å². The SMILES string of the molecule is CSCCN1CCCC(C)(C(=O)O)C1. The van der Waals surface area contributed by atoms with E-state index < -0.39 is 11.4 Å². The molecule has 14 heavy (non-hydrogen) atoms. The molecule has 0 radical (unpaired) electrons. The summed E-state index contributed by atoms with van der Waals surface area (Å²) < 4.78 is 0. The van der Waals surface area contributed by atoms with Gasteiger partial charge in [0.1, 0.15) is 0 Å². The number of rotatable bonds is 4. The lowest BCUT2D eigenvalue weighted by atomic mass is 9.82. The van der Waals surface area contributed by atoms with Crippen molar-refractivity contribution in [3.8, 4) is 0 Å². The predicted octanol–water partition coefficient (Wildman–Crippen LogP) is 1.54. The smallest absolute Gasteiger partial charge is 0.310 e. The standard InChI is InChI=1S/C10H19NO2S/c1-10(9(12)13)4-3-5-11(8-10)6-7-14-2/h3-8H2,1-2H3,(H,12,13). The molecule has 0 amide bonds. The molecule has 82 valence electrons. The number of nitrogens with zero attached hydrogens (tertiary/aromatic N) is 1. The van der Waals surface area contributed by atoms with Crippen LogP contribution in [-0.2, 0) is 4.79 Å². The Balaban J connectivity index is 2.46. The Bertz CT molecular complexity index is 210. The second kappa shape index (κ2) is 5.03. The highest BCUT2D eigenvalue weighted by Crippen LogP contribution is 2.29. The van der Waals surface area contributed by atoms with Crippen molar-refractivity contribution in [2.24, 2.45) is 5.41 Å². The molecule has 1 unspecified atom stereocenters. The number of hydrogen-bond donors (Lipinski definition) is 1. The lowest BCUT2D eigenvalue weighted by molar-refractivity contribution is -0.151. The van der Waals surface area contributed by atoms with Gasteiger partial charge < -0.3 is 10.0 Å². The van der Waals surface area contributed by atoms with E-state index in [0.717, 1.165) is 31.7 Å². The van der Waals surface area contributed by atoms with E-state index >= 15 is 0 Å². The van der Waals surface area contributed by atoms with E-state index in [0.29, 0.717) is 6.54 Å². The van der Waals surface area contributed by atoms with Crippen molar-refractivity contribution < 1.29 is 9.90 Å². The average molecular weight is 217 g/mol. The van der Waals surface area contributed by atoms with Gasteiger partial charge >= 0.3 is 5.97 Å². The van der Waals surface area contributed by atoms with Crippen molar-refractivity contribution in [2.45, 2.75) is 19.8 Å². The molecule has 1 N–H and O–H groups in total. The van der Waals surface area contributed by atoms with Crippen LogP contribution in [0.25, 0.3) is 0 Å². The van der Waals surface area contributed by atoms with E-state index in [9.17, 15) is 4.79 Å². The largest absolute Gasteiger partial charge is 0.481 e. The van der Waals surface area contributed by atoms with Crippen LogP contribution in [-0.4, -0.2) is 47.6 Å². The maximum Gasteiger partial charge on any atom is 0.310 e. The molecule has 1 heterocycles. The van der Waals surface area contributed by atoms with Crippen LogP contribution in [0.5, 0.6) is 0 Å². The van der Waals surface area contributed by atoms with Crippen LogP contribution in [0.3, 0.4) is 0 Å². The lowest BCUT2D eigenvalue weighted by Gasteiger charge is -2.37. The van der Waals surface area contributed by atoms with Gasteiger partial charge in [-0.1, -0.05) is 0 Å². The molecule has 3 nitrogen and oxygen atoms in total. The zero-order valence-corrected chi connectivity index (χ0v) is 9.77. The molecule has 1 aliphatic heterocycles. The molecule has 0 bridgehead atoms. The van der Waals surface area contributed by atoms with E-state index in [2.05, 4.69) is 11.2 Å². The van der Waals surface area contributed by atoms with Gasteiger partial charge in [-0.3, -0.25) is 4.79 Å². The highest BCUT2D eigenvalue weighted by Gasteiger charge is 2.37. The van der Waals surface area contributed by atoms with Crippen LogP contribution >= 0.6 is 11.8 Å². The van der Waals surface area contributed by atoms with Crippen molar-refractivity contribution in [2.75, 3.05) is 31.6 Å². The molecule has 0 aromatic heterocycles. The van der Waals surface area contributed by atoms with Crippen LogP contribution in [0, 0.1) is 5.41 Å². The minimum atomic E-state index is -0.647. The summed E-state index contributed by atoms with van der Waals surface area (Å²) in [5.74, 6) is 0.446. The number of hydrogen-bond acceptors (Lipinski definition) is 3. The Morgan fingerprint density at radius 2 is 2.36 bits per heavy atom. The van der Waals surface area contributed by atoms with Crippen LogP contribution in [0.1, 0.15) is 19.8 Å². The van der Waals surface area contributed by atoms with E-state index in [4.69, 9.17) is 5.11 Å². The van der Waals surface area contributed by atoms with Gasteiger partial charge in [0, 0.05) is 18.8 Å². The molecule has 1 saturated heterocycles. The fourth-order valence-corrected chi connectivity index (χ4v) is 2.37. The molecule has 0 aromatic rings. The monoisotopic (exact) mass is 217 g/mol. The number of thioether (sulfide) groups is 1. The molecule has 1 rings (SSSR count). The van der Waals surface area contributed by atoms with Gasteiger partial charge in [-0.05, 0) is 32.6 Å². The molecule has 0 saturated carbocycles. The second-order valence-electron chi connectivity index (χ2n) is 4.24. The third kappa shape index (κ3) is 2.89. The molecule has 1 fully saturated rings. The van der Waals surface area contributed by atoms with E-state index in [1.807, 2.05) is 18.7 Å². The molecule has 4 heteroatoms. The summed E-state index contributed by atoms with van der Waals surface area (Å²) in [5, 5.41) is 9.11. The summed E-state index contributed by atoms with van der Waals surface area (Å²) in [6, 6.07) is 0. The van der Waals surface area contributed by atoms with Crippen molar-refractivity contribution in [3.05, 3.63) is 0 Å². The molecular formula is C10H19NO2S. The first-order valence-electron chi connectivity index (χ1n) is 5.03. The topological polar surface area (TPSA) is 40.5 Å². The summed E-state index contributed by atoms with van der Waals surface area (Å²) in [4.78, 5) is 13.3. The third-order valence-electron chi connectivity index (χ3n) is 2.90. The summed E-state index contributed by atoms with van der Waals surface area (Å²) >= 11 is 1.81. The lowest BCUT2D eigenvalue weighted by Crippen LogP contribution is -2.46. The molecule has 0 spiro atoms. The number of carboxylic acid groups (broad SMARTS) is 1. The van der Waals surface area contributed by atoms with Crippen LogP contribution in [0.2, 0.25) is 0 Å². The van der Waals surface area contributed by atoms with Crippen molar-refractivity contribution in [1.29, 1.82) is 0 Å². The summed E-state index contributed by atoms with van der Waals surface area (Å²) in [7, 11) is 0. The zero-order valence-electron chi connectivity index (χ0n) is 8.95. The highest BCUT2D eigenvalue weighted by molar-refractivity contribution is 7.98. The Hall–Kier alpha value is -0.220. The van der Waals surface area contributed by atoms with Gasteiger partial charge in [0.15, 0.2) is 0 Å². The minimum absolute atomic E-state index is 0.517. The van der Waals surface area contributed by atoms with E-state index in [1.165, 1.54) is 0 Å². The highest BCUT2D eigenvalue weighted by atomic mass is 32.2. The van der Waals surface area contributed by atoms with Crippen molar-refractivity contribution in [3.63, 3.8) is 0 Å². The van der Waals surface area contributed by atoms with Gasteiger partial charge in [0.05, 0.1) is 5.41 Å². The first-order chi connectivity index (χ1) is 6.58. The maximum absolute atomic E-state index is 11.1. The average Bonchev–Trinajstić information content (AvgIpc) is 2.15. The Kier molecular flexibility index (Phi) is 4.26. The fraction of sp³-hybridized carbons (Fsp3) is 0.900. The van der Waals surface area contributed by atoms with Crippen LogP contribution in [0.15, 0.2) is 0 Å². The van der Waals surface area contributed by atoms with E-state index in [-0.39, 0.29) is 0 Å².